The predicted molar refractivity (Wildman–Crippen MR) is 84.3 cm³/mol. The van der Waals surface area contributed by atoms with Crippen molar-refractivity contribution in [1.29, 1.82) is 0 Å². The van der Waals surface area contributed by atoms with E-state index in [-0.39, 0.29) is 18.1 Å². The van der Waals surface area contributed by atoms with E-state index in [0.29, 0.717) is 13.1 Å². The lowest BCUT2D eigenvalue weighted by atomic mass is 10.2. The molecule has 0 aliphatic carbocycles. The largest absolute Gasteiger partial charge is 0.392 e. The Labute approximate surface area is 126 Å². The van der Waals surface area contributed by atoms with Crippen molar-refractivity contribution in [2.24, 2.45) is 0 Å². The third-order valence-corrected chi connectivity index (χ3v) is 3.85. The number of β-amino-alcohol motifs (C(OH)–C–C–N with tert-alkyl or cyclic N) is 1. The summed E-state index contributed by atoms with van der Waals surface area (Å²) < 4.78 is 0. The molecule has 0 saturated carbocycles. The summed E-state index contributed by atoms with van der Waals surface area (Å²) in [7, 11) is 4.02. The van der Waals surface area contributed by atoms with Crippen LogP contribution in [0.1, 0.15) is 12.0 Å². The summed E-state index contributed by atoms with van der Waals surface area (Å²) in [6, 6.07) is 7.98. The second-order valence-electron chi connectivity index (χ2n) is 6.10. The topological polar surface area (TPSA) is 55.8 Å². The normalized spacial score (nSPS) is 22.7. The quantitative estimate of drug-likeness (QED) is 0.847. The van der Waals surface area contributed by atoms with Gasteiger partial charge in [0.1, 0.15) is 0 Å². The summed E-state index contributed by atoms with van der Waals surface area (Å²) in [5.41, 5.74) is 1.91. The van der Waals surface area contributed by atoms with Crippen molar-refractivity contribution in [2.45, 2.75) is 25.5 Å². The lowest BCUT2D eigenvalue weighted by Gasteiger charge is -2.26. The molecular formula is C16H25N3O2. The van der Waals surface area contributed by atoms with E-state index in [1.165, 1.54) is 0 Å². The molecule has 1 aromatic rings. The van der Waals surface area contributed by atoms with Gasteiger partial charge in [-0.05, 0) is 39.1 Å². The molecule has 5 heteroatoms. The Morgan fingerprint density at radius 1 is 1.43 bits per heavy atom. The lowest BCUT2D eigenvalue weighted by Crippen LogP contribution is -2.41. The number of benzene rings is 1. The van der Waals surface area contributed by atoms with Crippen LogP contribution in [0, 0.1) is 6.92 Å². The Hall–Kier alpha value is -1.43. The van der Waals surface area contributed by atoms with Gasteiger partial charge in [-0.1, -0.05) is 18.2 Å². The minimum atomic E-state index is -0.332. The number of likely N-dealkylation sites (N-methyl/N-ethyl adjacent to an activating group) is 1. The van der Waals surface area contributed by atoms with E-state index in [1.807, 2.05) is 45.3 Å². The second kappa shape index (κ2) is 7.02. The van der Waals surface area contributed by atoms with Crippen LogP contribution < -0.4 is 5.32 Å². The van der Waals surface area contributed by atoms with E-state index >= 15 is 0 Å². The summed E-state index contributed by atoms with van der Waals surface area (Å²) >= 11 is 0. The summed E-state index contributed by atoms with van der Waals surface area (Å²) in [5, 5.41) is 12.8. The Kier molecular flexibility index (Phi) is 5.33. The van der Waals surface area contributed by atoms with Crippen LogP contribution in [0.15, 0.2) is 24.3 Å². The van der Waals surface area contributed by atoms with E-state index in [0.717, 1.165) is 24.2 Å². The van der Waals surface area contributed by atoms with Crippen LogP contribution in [0.25, 0.3) is 0 Å². The maximum Gasteiger partial charge on any atom is 0.238 e. The van der Waals surface area contributed by atoms with Gasteiger partial charge in [0.25, 0.3) is 0 Å². The minimum Gasteiger partial charge on any atom is -0.392 e. The molecule has 0 radical (unpaired) electrons. The molecule has 1 aromatic carbocycles. The van der Waals surface area contributed by atoms with Crippen molar-refractivity contribution in [3.63, 3.8) is 0 Å². The first kappa shape index (κ1) is 15.9. The first-order chi connectivity index (χ1) is 9.95. The molecule has 1 amide bonds. The van der Waals surface area contributed by atoms with Crippen LogP contribution in [0.5, 0.6) is 0 Å². The van der Waals surface area contributed by atoms with E-state index in [9.17, 15) is 9.90 Å². The van der Waals surface area contributed by atoms with Crippen molar-refractivity contribution in [2.75, 3.05) is 39.0 Å². The number of aliphatic hydroxyl groups excluding tert-OH is 1. The number of hydrogen-bond acceptors (Lipinski definition) is 4. The van der Waals surface area contributed by atoms with Crippen LogP contribution in [-0.2, 0) is 4.79 Å². The summed E-state index contributed by atoms with van der Waals surface area (Å²) in [4.78, 5) is 16.4. The van der Waals surface area contributed by atoms with Crippen LogP contribution in [-0.4, -0.2) is 66.7 Å². The fraction of sp³-hybridized carbons (Fsp3) is 0.562. The molecule has 21 heavy (non-hydrogen) atoms. The SMILES string of the molecule is Cc1ccccc1NC(=O)CN1CC(O)CC1CN(C)C. The number of para-hydroxylation sites is 1. The number of rotatable bonds is 5. The maximum atomic E-state index is 12.2. The van der Waals surface area contributed by atoms with E-state index in [2.05, 4.69) is 15.1 Å². The number of carbonyl (C=O) groups is 1. The predicted octanol–water partition coefficient (Wildman–Crippen LogP) is 0.930. The molecule has 2 N–H and O–H groups in total. The molecule has 1 fully saturated rings. The highest BCUT2D eigenvalue weighted by molar-refractivity contribution is 5.93. The smallest absolute Gasteiger partial charge is 0.238 e. The molecule has 2 unspecified atom stereocenters. The monoisotopic (exact) mass is 291 g/mol. The summed E-state index contributed by atoms with van der Waals surface area (Å²) in [6.45, 7) is 3.72. The van der Waals surface area contributed by atoms with Gasteiger partial charge in [0.05, 0.1) is 12.6 Å². The number of aliphatic hydroxyl groups is 1. The van der Waals surface area contributed by atoms with Gasteiger partial charge in [0.2, 0.25) is 5.91 Å². The lowest BCUT2D eigenvalue weighted by molar-refractivity contribution is -0.117. The Bertz CT molecular complexity index is 490. The molecule has 0 spiro atoms. The number of aryl methyl sites for hydroxylation is 1. The van der Waals surface area contributed by atoms with Crippen molar-refractivity contribution in [1.82, 2.24) is 9.80 Å². The van der Waals surface area contributed by atoms with Gasteiger partial charge in [-0.15, -0.1) is 0 Å². The number of anilines is 1. The zero-order chi connectivity index (χ0) is 15.4. The fourth-order valence-corrected chi connectivity index (χ4v) is 2.85. The van der Waals surface area contributed by atoms with Crippen molar-refractivity contribution in [3.8, 4) is 0 Å². The van der Waals surface area contributed by atoms with Crippen molar-refractivity contribution in [3.05, 3.63) is 29.8 Å². The fourth-order valence-electron chi connectivity index (χ4n) is 2.85. The number of amides is 1. The average Bonchev–Trinajstić information content (AvgIpc) is 2.71. The van der Waals surface area contributed by atoms with E-state index in [1.54, 1.807) is 0 Å². The highest BCUT2D eigenvalue weighted by atomic mass is 16.3. The van der Waals surface area contributed by atoms with Crippen LogP contribution >= 0.6 is 0 Å². The van der Waals surface area contributed by atoms with Gasteiger partial charge in [-0.2, -0.15) is 0 Å². The van der Waals surface area contributed by atoms with Gasteiger partial charge in [-0.3, -0.25) is 9.69 Å². The molecule has 2 atom stereocenters. The second-order valence-corrected chi connectivity index (χ2v) is 6.10. The molecule has 2 rings (SSSR count). The molecule has 1 aliphatic rings. The third kappa shape index (κ3) is 4.52. The van der Waals surface area contributed by atoms with Gasteiger partial charge in [0.15, 0.2) is 0 Å². The molecule has 1 saturated heterocycles. The Balaban J connectivity index is 1.93. The van der Waals surface area contributed by atoms with Crippen LogP contribution in [0.4, 0.5) is 5.69 Å². The first-order valence-corrected chi connectivity index (χ1v) is 7.38. The highest BCUT2D eigenvalue weighted by Crippen LogP contribution is 2.19. The number of nitrogens with zero attached hydrogens (tertiary/aromatic N) is 2. The molecule has 1 heterocycles. The Morgan fingerprint density at radius 3 is 2.81 bits per heavy atom. The standard InChI is InChI=1S/C16H25N3O2/c1-12-6-4-5-7-15(12)17-16(21)11-19-10-14(20)8-13(19)9-18(2)3/h4-7,13-14,20H,8-11H2,1-3H3,(H,17,21). The molecule has 1 aliphatic heterocycles. The zero-order valence-corrected chi connectivity index (χ0v) is 13.0. The van der Waals surface area contributed by atoms with Gasteiger partial charge in [0, 0.05) is 24.8 Å². The number of nitrogens with one attached hydrogen (secondary N) is 1. The average molecular weight is 291 g/mol. The zero-order valence-electron chi connectivity index (χ0n) is 13.0. The first-order valence-electron chi connectivity index (χ1n) is 7.38. The van der Waals surface area contributed by atoms with Crippen LogP contribution in [0.2, 0.25) is 0 Å². The molecule has 116 valence electrons. The van der Waals surface area contributed by atoms with E-state index < -0.39 is 0 Å². The number of likely N-dealkylation sites (tertiary alicyclic amines) is 1. The van der Waals surface area contributed by atoms with Crippen molar-refractivity contribution >= 4 is 11.6 Å². The van der Waals surface area contributed by atoms with Gasteiger partial charge < -0.3 is 15.3 Å². The van der Waals surface area contributed by atoms with Crippen molar-refractivity contribution < 1.29 is 9.90 Å². The maximum absolute atomic E-state index is 12.2. The van der Waals surface area contributed by atoms with Gasteiger partial charge >= 0.3 is 0 Å². The summed E-state index contributed by atoms with van der Waals surface area (Å²) in [5.74, 6) is -0.0258. The Morgan fingerprint density at radius 2 is 2.14 bits per heavy atom. The number of carbonyl (C=O) groups excluding carboxylic acids is 1. The molecular weight excluding hydrogens is 266 g/mol. The third-order valence-electron chi connectivity index (χ3n) is 3.85. The minimum absolute atomic E-state index is 0.0258. The van der Waals surface area contributed by atoms with E-state index in [4.69, 9.17) is 0 Å². The molecule has 5 nitrogen and oxygen atoms in total. The molecule has 0 aromatic heterocycles. The molecule has 0 bridgehead atoms. The van der Waals surface area contributed by atoms with Crippen LogP contribution in [0.3, 0.4) is 0 Å². The number of hydrogen-bond donors (Lipinski definition) is 2. The highest BCUT2D eigenvalue weighted by Gasteiger charge is 2.32. The van der Waals surface area contributed by atoms with Gasteiger partial charge in [-0.25, -0.2) is 0 Å². The summed E-state index contributed by atoms with van der Waals surface area (Å²) in [6.07, 6.45) is 0.400.